The Balaban J connectivity index is 1.97. The lowest BCUT2D eigenvalue weighted by molar-refractivity contribution is 0.0700. The van der Waals surface area contributed by atoms with E-state index in [1.54, 1.807) is 0 Å². The first-order valence-corrected chi connectivity index (χ1v) is 8.61. The third-order valence-corrected chi connectivity index (χ3v) is 5.58. The molecule has 2 aromatic heterocycles. The number of aromatic carboxylic acids is 1. The SMILES string of the molecule is Cc1ccc(-c2nc3sc(C(=O)O)c(C4CC4)n3c2C)c(C)c1. The van der Waals surface area contributed by atoms with E-state index in [4.69, 9.17) is 4.98 Å². The minimum Gasteiger partial charge on any atom is -0.477 e. The number of hydrogen-bond acceptors (Lipinski definition) is 3. The van der Waals surface area contributed by atoms with Crippen molar-refractivity contribution in [2.24, 2.45) is 0 Å². The van der Waals surface area contributed by atoms with Gasteiger partial charge in [0.05, 0.1) is 11.4 Å². The van der Waals surface area contributed by atoms with Crippen LogP contribution < -0.4 is 0 Å². The van der Waals surface area contributed by atoms with Crippen LogP contribution in [0, 0.1) is 20.8 Å². The van der Waals surface area contributed by atoms with Crippen LogP contribution in [0.1, 0.15) is 50.9 Å². The van der Waals surface area contributed by atoms with Gasteiger partial charge in [0.1, 0.15) is 4.88 Å². The fourth-order valence-electron chi connectivity index (χ4n) is 3.29. The quantitative estimate of drug-likeness (QED) is 0.767. The standard InChI is InChI=1S/C18H18N2O2S/c1-9-4-7-13(10(2)8-9)14-11(3)20-15(12-5-6-12)16(17(21)22)23-18(20)19-14/h4,7-8,12H,5-6H2,1-3H3,(H,21,22). The van der Waals surface area contributed by atoms with Crippen molar-refractivity contribution in [3.05, 3.63) is 45.6 Å². The summed E-state index contributed by atoms with van der Waals surface area (Å²) < 4.78 is 2.07. The van der Waals surface area contributed by atoms with E-state index in [-0.39, 0.29) is 0 Å². The van der Waals surface area contributed by atoms with Gasteiger partial charge in [-0.05, 0) is 39.2 Å². The molecule has 0 radical (unpaired) electrons. The number of aryl methyl sites for hydroxylation is 3. The van der Waals surface area contributed by atoms with Crippen molar-refractivity contribution < 1.29 is 9.90 Å². The zero-order chi connectivity index (χ0) is 16.3. The van der Waals surface area contributed by atoms with Gasteiger partial charge in [0.25, 0.3) is 0 Å². The molecule has 1 fully saturated rings. The van der Waals surface area contributed by atoms with E-state index in [1.807, 2.05) is 6.92 Å². The highest BCUT2D eigenvalue weighted by molar-refractivity contribution is 7.19. The summed E-state index contributed by atoms with van der Waals surface area (Å²) in [5.74, 6) is -0.468. The van der Waals surface area contributed by atoms with Crippen LogP contribution in [0.25, 0.3) is 16.2 Å². The van der Waals surface area contributed by atoms with Gasteiger partial charge >= 0.3 is 5.97 Å². The van der Waals surface area contributed by atoms with Crippen molar-refractivity contribution >= 4 is 22.3 Å². The Bertz CT molecular complexity index is 948. The molecule has 0 spiro atoms. The molecule has 1 aliphatic rings. The number of hydrogen-bond donors (Lipinski definition) is 1. The van der Waals surface area contributed by atoms with Crippen molar-refractivity contribution in [2.45, 2.75) is 39.5 Å². The second-order valence-electron chi connectivity index (χ2n) is 6.38. The molecule has 0 saturated heterocycles. The lowest BCUT2D eigenvalue weighted by atomic mass is 10.0. The smallest absolute Gasteiger partial charge is 0.347 e. The summed E-state index contributed by atoms with van der Waals surface area (Å²) in [5.41, 5.74) is 6.51. The molecule has 1 aliphatic carbocycles. The molecule has 1 N–H and O–H groups in total. The fraction of sp³-hybridized carbons (Fsp3) is 0.333. The second-order valence-corrected chi connectivity index (χ2v) is 7.36. The van der Waals surface area contributed by atoms with Crippen LogP contribution in [0.15, 0.2) is 18.2 Å². The Morgan fingerprint density at radius 1 is 1.30 bits per heavy atom. The van der Waals surface area contributed by atoms with Crippen LogP contribution in [-0.2, 0) is 0 Å². The number of carboxylic acids is 1. The molecule has 118 valence electrons. The molecule has 3 aromatic rings. The predicted octanol–water partition coefficient (Wildman–Crippen LogP) is 4.56. The molecule has 5 heteroatoms. The number of fused-ring (bicyclic) bond motifs is 1. The highest BCUT2D eigenvalue weighted by atomic mass is 32.1. The summed E-state index contributed by atoms with van der Waals surface area (Å²) in [6.07, 6.45) is 2.14. The van der Waals surface area contributed by atoms with Gasteiger partial charge in [0.2, 0.25) is 0 Å². The van der Waals surface area contributed by atoms with E-state index in [2.05, 4.69) is 36.4 Å². The minimum atomic E-state index is -0.838. The molecule has 2 heterocycles. The molecule has 0 aliphatic heterocycles. The zero-order valence-corrected chi connectivity index (χ0v) is 14.2. The number of aromatic nitrogens is 2. The lowest BCUT2D eigenvalue weighted by Crippen LogP contribution is -2.01. The number of carbonyl (C=O) groups is 1. The normalized spacial score (nSPS) is 14.6. The Morgan fingerprint density at radius 2 is 2.04 bits per heavy atom. The topological polar surface area (TPSA) is 54.6 Å². The second kappa shape index (κ2) is 4.93. The number of nitrogens with zero attached hydrogens (tertiary/aromatic N) is 2. The highest BCUT2D eigenvalue weighted by Crippen LogP contribution is 2.45. The first-order valence-electron chi connectivity index (χ1n) is 7.80. The largest absolute Gasteiger partial charge is 0.477 e. The number of carboxylic acid groups (broad SMARTS) is 1. The van der Waals surface area contributed by atoms with E-state index in [0.717, 1.165) is 40.4 Å². The Morgan fingerprint density at radius 3 is 2.65 bits per heavy atom. The van der Waals surface area contributed by atoms with Crippen LogP contribution in [0.3, 0.4) is 0 Å². The number of thiazole rings is 1. The maximum Gasteiger partial charge on any atom is 0.347 e. The molecular formula is C18H18N2O2S. The molecule has 0 bridgehead atoms. The van der Waals surface area contributed by atoms with E-state index in [0.29, 0.717) is 10.8 Å². The van der Waals surface area contributed by atoms with Gasteiger partial charge in [-0.25, -0.2) is 9.78 Å². The number of imidazole rings is 1. The van der Waals surface area contributed by atoms with Gasteiger partial charge in [-0.1, -0.05) is 35.1 Å². The summed E-state index contributed by atoms with van der Waals surface area (Å²) in [5, 5.41) is 9.48. The maximum atomic E-state index is 11.5. The Kier molecular flexibility index (Phi) is 3.10. The molecule has 0 atom stereocenters. The minimum absolute atomic E-state index is 0.370. The average molecular weight is 326 g/mol. The Hall–Kier alpha value is -2.14. The van der Waals surface area contributed by atoms with E-state index >= 15 is 0 Å². The third kappa shape index (κ3) is 2.18. The zero-order valence-electron chi connectivity index (χ0n) is 13.4. The lowest BCUT2D eigenvalue weighted by Gasteiger charge is -2.07. The summed E-state index contributed by atoms with van der Waals surface area (Å²) in [7, 11) is 0. The third-order valence-electron chi connectivity index (χ3n) is 4.54. The van der Waals surface area contributed by atoms with E-state index in [1.165, 1.54) is 22.5 Å². The van der Waals surface area contributed by atoms with Gasteiger partial charge < -0.3 is 5.11 Å². The first kappa shape index (κ1) is 14.5. The maximum absolute atomic E-state index is 11.5. The van der Waals surface area contributed by atoms with Crippen molar-refractivity contribution in [2.75, 3.05) is 0 Å². The molecule has 1 aromatic carbocycles. The van der Waals surface area contributed by atoms with Crippen molar-refractivity contribution in [3.8, 4) is 11.3 Å². The van der Waals surface area contributed by atoms with Gasteiger partial charge in [-0.3, -0.25) is 4.40 Å². The molecule has 0 amide bonds. The molecule has 4 rings (SSSR count). The number of rotatable bonds is 3. The predicted molar refractivity (Wildman–Crippen MR) is 91.7 cm³/mol. The van der Waals surface area contributed by atoms with Crippen LogP contribution in [0.2, 0.25) is 0 Å². The fourth-order valence-corrected chi connectivity index (χ4v) is 4.38. The number of benzene rings is 1. The van der Waals surface area contributed by atoms with Gasteiger partial charge in [-0.15, -0.1) is 0 Å². The van der Waals surface area contributed by atoms with Crippen LogP contribution in [0.4, 0.5) is 0 Å². The average Bonchev–Trinajstić information content (AvgIpc) is 3.17. The summed E-state index contributed by atoms with van der Waals surface area (Å²) in [4.78, 5) is 17.6. The van der Waals surface area contributed by atoms with Crippen LogP contribution in [0.5, 0.6) is 0 Å². The van der Waals surface area contributed by atoms with Gasteiger partial charge in [0.15, 0.2) is 4.96 Å². The molecule has 23 heavy (non-hydrogen) atoms. The Labute approximate surface area is 138 Å². The van der Waals surface area contributed by atoms with E-state index in [9.17, 15) is 9.90 Å². The van der Waals surface area contributed by atoms with Crippen LogP contribution in [-0.4, -0.2) is 20.5 Å². The van der Waals surface area contributed by atoms with Crippen molar-refractivity contribution in [1.82, 2.24) is 9.38 Å². The summed E-state index contributed by atoms with van der Waals surface area (Å²) in [6, 6.07) is 6.37. The first-order chi connectivity index (χ1) is 11.0. The monoisotopic (exact) mass is 326 g/mol. The summed E-state index contributed by atoms with van der Waals surface area (Å²) in [6.45, 7) is 6.22. The molecule has 4 nitrogen and oxygen atoms in total. The molecular weight excluding hydrogens is 308 g/mol. The van der Waals surface area contributed by atoms with Gasteiger partial charge in [-0.2, -0.15) is 0 Å². The molecule has 0 unspecified atom stereocenters. The van der Waals surface area contributed by atoms with Crippen molar-refractivity contribution in [3.63, 3.8) is 0 Å². The highest BCUT2D eigenvalue weighted by Gasteiger charge is 2.34. The van der Waals surface area contributed by atoms with Crippen LogP contribution >= 0.6 is 11.3 Å². The van der Waals surface area contributed by atoms with Crippen molar-refractivity contribution in [1.29, 1.82) is 0 Å². The van der Waals surface area contributed by atoms with E-state index < -0.39 is 5.97 Å². The summed E-state index contributed by atoms with van der Waals surface area (Å²) >= 11 is 1.29. The molecule has 1 saturated carbocycles. The van der Waals surface area contributed by atoms with Gasteiger partial charge in [0, 0.05) is 17.2 Å².